The predicted molar refractivity (Wildman–Crippen MR) is 43.8 cm³/mol. The molecule has 1 aromatic rings. The number of aromatic nitrogens is 1. The van der Waals surface area contributed by atoms with Crippen molar-refractivity contribution in [2.75, 3.05) is 0 Å². The molecular formula is C9H10F2N2. The molecular weight excluding hydrogens is 174 g/mol. The summed E-state index contributed by atoms with van der Waals surface area (Å²) >= 11 is 0. The number of pyridine rings is 1. The predicted octanol–water partition coefficient (Wildman–Crippen LogP) is 1.77. The molecule has 0 bridgehead atoms. The molecule has 1 aliphatic rings. The van der Waals surface area contributed by atoms with Crippen LogP contribution in [0.15, 0.2) is 12.1 Å². The van der Waals surface area contributed by atoms with Gasteiger partial charge in [0.05, 0.1) is 0 Å². The van der Waals surface area contributed by atoms with Gasteiger partial charge >= 0.3 is 0 Å². The molecule has 0 radical (unpaired) electrons. The molecule has 0 saturated heterocycles. The van der Waals surface area contributed by atoms with E-state index in [0.29, 0.717) is 11.5 Å². The maximum absolute atomic E-state index is 12.7. The Hall–Kier alpha value is -1.03. The fourth-order valence-corrected chi connectivity index (χ4v) is 1.40. The highest BCUT2D eigenvalue weighted by molar-refractivity contribution is 5.18. The minimum Gasteiger partial charge on any atom is -0.324 e. The second-order valence-corrected chi connectivity index (χ2v) is 3.41. The van der Waals surface area contributed by atoms with Crippen molar-refractivity contribution in [1.29, 1.82) is 0 Å². The van der Waals surface area contributed by atoms with Crippen molar-refractivity contribution in [3.63, 3.8) is 0 Å². The topological polar surface area (TPSA) is 38.9 Å². The van der Waals surface area contributed by atoms with Crippen molar-refractivity contribution in [1.82, 2.24) is 4.98 Å². The zero-order chi connectivity index (χ0) is 9.42. The van der Waals surface area contributed by atoms with Crippen LogP contribution in [0.3, 0.4) is 0 Å². The van der Waals surface area contributed by atoms with Crippen LogP contribution in [-0.2, 0) is 0 Å². The molecule has 2 nitrogen and oxygen atoms in total. The third-order valence-electron chi connectivity index (χ3n) is 2.30. The molecule has 4 heteroatoms. The first-order valence-electron chi connectivity index (χ1n) is 4.25. The van der Waals surface area contributed by atoms with Crippen LogP contribution >= 0.6 is 0 Å². The van der Waals surface area contributed by atoms with E-state index in [1.807, 2.05) is 0 Å². The molecule has 0 amide bonds. The van der Waals surface area contributed by atoms with Crippen LogP contribution < -0.4 is 5.73 Å². The fourth-order valence-electron chi connectivity index (χ4n) is 1.40. The summed E-state index contributed by atoms with van der Waals surface area (Å²) in [6.07, 6.45) is 2.10. The van der Waals surface area contributed by atoms with Crippen molar-refractivity contribution in [2.24, 2.45) is 11.7 Å². The average Bonchev–Trinajstić information content (AvgIpc) is 2.83. The Labute approximate surface area is 74.8 Å². The molecule has 0 spiro atoms. The van der Waals surface area contributed by atoms with Crippen LogP contribution in [0.2, 0.25) is 0 Å². The molecule has 1 fully saturated rings. The minimum absolute atomic E-state index is 0.244. The van der Waals surface area contributed by atoms with Crippen molar-refractivity contribution >= 4 is 0 Å². The molecule has 1 aliphatic carbocycles. The lowest BCUT2D eigenvalue weighted by Gasteiger charge is -2.09. The van der Waals surface area contributed by atoms with E-state index >= 15 is 0 Å². The number of halogens is 2. The normalized spacial score (nSPS) is 18.7. The quantitative estimate of drug-likeness (QED) is 0.711. The summed E-state index contributed by atoms with van der Waals surface area (Å²) in [5.74, 6) is -1.21. The van der Waals surface area contributed by atoms with Crippen LogP contribution in [0, 0.1) is 17.8 Å². The highest BCUT2D eigenvalue weighted by atomic mass is 19.1. The van der Waals surface area contributed by atoms with Gasteiger partial charge in [0.1, 0.15) is 0 Å². The molecule has 1 heterocycles. The zero-order valence-electron chi connectivity index (χ0n) is 7.00. The van der Waals surface area contributed by atoms with Crippen LogP contribution in [0.1, 0.15) is 24.4 Å². The van der Waals surface area contributed by atoms with Gasteiger partial charge in [0.2, 0.25) is 11.9 Å². The van der Waals surface area contributed by atoms with Crippen molar-refractivity contribution in [3.8, 4) is 0 Å². The molecule has 13 heavy (non-hydrogen) atoms. The number of rotatable bonds is 2. The Morgan fingerprint density at radius 3 is 2.31 bits per heavy atom. The fraction of sp³-hybridized carbons (Fsp3) is 0.444. The summed E-state index contributed by atoms with van der Waals surface area (Å²) in [6.45, 7) is 0. The van der Waals surface area contributed by atoms with Crippen LogP contribution in [-0.4, -0.2) is 4.98 Å². The third-order valence-corrected chi connectivity index (χ3v) is 2.30. The molecule has 2 rings (SSSR count). The summed E-state index contributed by atoms with van der Waals surface area (Å²) < 4.78 is 25.3. The van der Waals surface area contributed by atoms with E-state index < -0.39 is 11.9 Å². The molecule has 0 aliphatic heterocycles. The van der Waals surface area contributed by atoms with Gasteiger partial charge in [-0.3, -0.25) is 0 Å². The largest absolute Gasteiger partial charge is 0.324 e. The second-order valence-electron chi connectivity index (χ2n) is 3.41. The highest BCUT2D eigenvalue weighted by Crippen LogP contribution is 2.39. The summed E-state index contributed by atoms with van der Waals surface area (Å²) in [5.41, 5.74) is 6.28. The maximum atomic E-state index is 12.7. The maximum Gasteiger partial charge on any atom is 0.215 e. The average molecular weight is 184 g/mol. The van der Waals surface area contributed by atoms with E-state index in [2.05, 4.69) is 4.98 Å². The summed E-state index contributed by atoms with van der Waals surface area (Å²) in [4.78, 5) is 3.01. The summed E-state index contributed by atoms with van der Waals surface area (Å²) in [7, 11) is 0. The molecule has 1 saturated carbocycles. The monoisotopic (exact) mass is 184 g/mol. The van der Waals surface area contributed by atoms with Crippen LogP contribution in [0.5, 0.6) is 0 Å². The van der Waals surface area contributed by atoms with Gasteiger partial charge in [-0.05, 0) is 36.5 Å². The minimum atomic E-state index is -0.800. The molecule has 0 aromatic carbocycles. The first-order chi connectivity index (χ1) is 6.16. The summed E-state index contributed by atoms with van der Waals surface area (Å²) in [5, 5.41) is 0. The zero-order valence-corrected chi connectivity index (χ0v) is 7.00. The van der Waals surface area contributed by atoms with Gasteiger partial charge in [0, 0.05) is 6.04 Å². The van der Waals surface area contributed by atoms with Gasteiger partial charge in [-0.25, -0.2) is 0 Å². The third kappa shape index (κ3) is 1.83. The lowest BCUT2D eigenvalue weighted by molar-refractivity contribution is 0.501. The van der Waals surface area contributed by atoms with E-state index in [0.717, 1.165) is 12.8 Å². The van der Waals surface area contributed by atoms with Crippen molar-refractivity contribution in [2.45, 2.75) is 18.9 Å². The van der Waals surface area contributed by atoms with E-state index in [4.69, 9.17) is 5.73 Å². The molecule has 2 N–H and O–H groups in total. The molecule has 1 aromatic heterocycles. The Morgan fingerprint density at radius 2 is 1.85 bits per heavy atom. The van der Waals surface area contributed by atoms with E-state index in [1.165, 1.54) is 12.1 Å². The van der Waals surface area contributed by atoms with E-state index in [1.54, 1.807) is 0 Å². The number of nitrogens with zero attached hydrogens (tertiary/aromatic N) is 1. The smallest absolute Gasteiger partial charge is 0.215 e. The Bertz CT molecular complexity index is 303. The first kappa shape index (κ1) is 8.56. The highest BCUT2D eigenvalue weighted by Gasteiger charge is 2.30. The second kappa shape index (κ2) is 3.03. The lowest BCUT2D eigenvalue weighted by Crippen LogP contribution is -2.13. The lowest BCUT2D eigenvalue weighted by atomic mass is 10.1. The number of nitrogens with two attached hydrogens (primary N) is 1. The van der Waals surface area contributed by atoms with Crippen LogP contribution in [0.25, 0.3) is 0 Å². The van der Waals surface area contributed by atoms with Gasteiger partial charge < -0.3 is 5.73 Å². The SMILES string of the molecule is NC(c1cc(F)nc(F)c1)C1CC1. The molecule has 70 valence electrons. The first-order valence-corrected chi connectivity index (χ1v) is 4.25. The van der Waals surface area contributed by atoms with Crippen molar-refractivity contribution < 1.29 is 8.78 Å². The standard InChI is InChI=1S/C9H10F2N2/c10-7-3-6(4-8(11)13-7)9(12)5-1-2-5/h3-5,9H,1-2,12H2. The van der Waals surface area contributed by atoms with Gasteiger partial charge in [0.15, 0.2) is 0 Å². The van der Waals surface area contributed by atoms with Crippen molar-refractivity contribution in [3.05, 3.63) is 29.6 Å². The van der Waals surface area contributed by atoms with Gasteiger partial charge in [-0.1, -0.05) is 0 Å². The Kier molecular flexibility index (Phi) is 2.00. The van der Waals surface area contributed by atoms with E-state index in [9.17, 15) is 8.78 Å². The molecule has 1 unspecified atom stereocenters. The van der Waals surface area contributed by atoms with Crippen LogP contribution in [0.4, 0.5) is 8.78 Å². The van der Waals surface area contributed by atoms with Gasteiger partial charge in [-0.15, -0.1) is 0 Å². The van der Waals surface area contributed by atoms with Gasteiger partial charge in [-0.2, -0.15) is 13.8 Å². The van der Waals surface area contributed by atoms with E-state index in [-0.39, 0.29) is 6.04 Å². The Morgan fingerprint density at radius 1 is 1.31 bits per heavy atom. The summed E-state index contributed by atoms with van der Waals surface area (Å²) in [6, 6.07) is 2.16. The Balaban J connectivity index is 2.27. The number of hydrogen-bond donors (Lipinski definition) is 1. The number of hydrogen-bond acceptors (Lipinski definition) is 2. The molecule has 1 atom stereocenters. The van der Waals surface area contributed by atoms with Gasteiger partial charge in [0.25, 0.3) is 0 Å².